The van der Waals surface area contributed by atoms with Gasteiger partial charge in [-0.15, -0.1) is 0 Å². The van der Waals surface area contributed by atoms with Gasteiger partial charge in [0.15, 0.2) is 0 Å². The van der Waals surface area contributed by atoms with Crippen molar-refractivity contribution in [2.45, 2.75) is 52.9 Å². The molecule has 1 N–H and O–H groups in total. The molecule has 2 unspecified atom stereocenters. The first kappa shape index (κ1) is 13.2. The van der Waals surface area contributed by atoms with Crippen molar-refractivity contribution in [2.75, 3.05) is 7.11 Å². The zero-order valence-corrected chi connectivity index (χ0v) is 10.8. The highest BCUT2D eigenvalue weighted by atomic mass is 16.5. The van der Waals surface area contributed by atoms with E-state index in [0.717, 1.165) is 23.5 Å². The molecule has 0 aliphatic carbocycles. The number of nitrogens with zero attached hydrogens (tertiary/aromatic N) is 2. The van der Waals surface area contributed by atoms with E-state index in [1.165, 1.54) is 0 Å². The summed E-state index contributed by atoms with van der Waals surface area (Å²) >= 11 is 0. The summed E-state index contributed by atoms with van der Waals surface area (Å²) in [4.78, 5) is 0. The number of ether oxygens (including phenoxy) is 1. The molecule has 0 aliphatic rings. The van der Waals surface area contributed by atoms with E-state index < -0.39 is 6.10 Å². The molecule has 4 nitrogen and oxygen atoms in total. The summed E-state index contributed by atoms with van der Waals surface area (Å²) in [5.74, 6) is 0. The number of aromatic nitrogens is 2. The van der Waals surface area contributed by atoms with E-state index in [-0.39, 0.29) is 6.10 Å². The van der Waals surface area contributed by atoms with Gasteiger partial charge in [0.1, 0.15) is 0 Å². The van der Waals surface area contributed by atoms with Crippen molar-refractivity contribution >= 4 is 0 Å². The zero-order chi connectivity index (χ0) is 12.3. The lowest BCUT2D eigenvalue weighted by Crippen LogP contribution is -2.17. The molecule has 1 rings (SSSR count). The van der Waals surface area contributed by atoms with Gasteiger partial charge in [0.05, 0.1) is 24.4 Å². The number of hydrogen-bond donors (Lipinski definition) is 1. The second-order valence-electron chi connectivity index (χ2n) is 4.24. The standard InChI is InChI=1S/C12H22N2O2/c1-6-11(15)12-9(3)13-14(10(12)4)7-8(2)16-5/h8,11,15H,6-7H2,1-5H3. The third-order valence-corrected chi connectivity index (χ3v) is 2.99. The molecule has 0 aliphatic heterocycles. The fourth-order valence-corrected chi connectivity index (χ4v) is 1.89. The normalized spacial score (nSPS) is 15.1. The number of aliphatic hydroxyl groups excluding tert-OH is 1. The fraction of sp³-hybridized carbons (Fsp3) is 0.750. The molecule has 2 atom stereocenters. The predicted molar refractivity (Wildman–Crippen MR) is 63.4 cm³/mol. The van der Waals surface area contributed by atoms with E-state index >= 15 is 0 Å². The van der Waals surface area contributed by atoms with Gasteiger partial charge in [0.2, 0.25) is 0 Å². The van der Waals surface area contributed by atoms with Crippen LogP contribution in [0.2, 0.25) is 0 Å². The Balaban J connectivity index is 2.97. The van der Waals surface area contributed by atoms with Crippen LogP contribution in [0.1, 0.15) is 43.3 Å². The van der Waals surface area contributed by atoms with Crippen molar-refractivity contribution in [3.05, 3.63) is 17.0 Å². The summed E-state index contributed by atoms with van der Waals surface area (Å²) in [6, 6.07) is 0. The topological polar surface area (TPSA) is 47.3 Å². The van der Waals surface area contributed by atoms with Crippen molar-refractivity contribution in [2.24, 2.45) is 0 Å². The van der Waals surface area contributed by atoms with Crippen molar-refractivity contribution in [3.63, 3.8) is 0 Å². The summed E-state index contributed by atoms with van der Waals surface area (Å²) in [5.41, 5.74) is 2.91. The van der Waals surface area contributed by atoms with Gasteiger partial charge >= 0.3 is 0 Å². The largest absolute Gasteiger partial charge is 0.388 e. The molecular weight excluding hydrogens is 204 g/mol. The van der Waals surface area contributed by atoms with Crippen LogP contribution in [0.4, 0.5) is 0 Å². The van der Waals surface area contributed by atoms with Gasteiger partial charge in [-0.2, -0.15) is 5.10 Å². The summed E-state index contributed by atoms with van der Waals surface area (Å²) in [5, 5.41) is 14.4. The summed E-state index contributed by atoms with van der Waals surface area (Å²) in [6.45, 7) is 8.64. The van der Waals surface area contributed by atoms with Gasteiger partial charge in [-0.25, -0.2) is 0 Å². The molecule has 1 aromatic rings. The van der Waals surface area contributed by atoms with E-state index in [9.17, 15) is 5.11 Å². The lowest BCUT2D eigenvalue weighted by Gasteiger charge is -2.12. The molecule has 0 saturated carbocycles. The molecule has 1 aromatic heterocycles. The van der Waals surface area contributed by atoms with Gasteiger partial charge in [-0.3, -0.25) is 4.68 Å². The first-order chi connectivity index (χ1) is 7.51. The minimum atomic E-state index is -0.411. The van der Waals surface area contributed by atoms with E-state index in [4.69, 9.17) is 4.74 Å². The number of rotatable bonds is 5. The first-order valence-electron chi connectivity index (χ1n) is 5.76. The first-order valence-corrected chi connectivity index (χ1v) is 5.76. The summed E-state index contributed by atoms with van der Waals surface area (Å²) in [6.07, 6.45) is 0.434. The van der Waals surface area contributed by atoms with Crippen LogP contribution in [0.5, 0.6) is 0 Å². The van der Waals surface area contributed by atoms with E-state index in [1.54, 1.807) is 7.11 Å². The molecule has 0 spiro atoms. The van der Waals surface area contributed by atoms with Crippen LogP contribution in [-0.4, -0.2) is 28.1 Å². The third kappa shape index (κ3) is 2.62. The zero-order valence-electron chi connectivity index (χ0n) is 10.8. The fourth-order valence-electron chi connectivity index (χ4n) is 1.89. The van der Waals surface area contributed by atoms with Crippen LogP contribution in [0, 0.1) is 13.8 Å². The summed E-state index contributed by atoms with van der Waals surface area (Å²) in [7, 11) is 1.69. The van der Waals surface area contributed by atoms with Gasteiger partial charge in [-0.1, -0.05) is 6.92 Å². The number of hydrogen-bond acceptors (Lipinski definition) is 3. The van der Waals surface area contributed by atoms with E-state index in [1.807, 2.05) is 32.4 Å². The molecule has 0 aromatic carbocycles. The smallest absolute Gasteiger partial charge is 0.0823 e. The van der Waals surface area contributed by atoms with Crippen molar-refractivity contribution in [1.82, 2.24) is 9.78 Å². The minimum Gasteiger partial charge on any atom is -0.388 e. The second-order valence-corrected chi connectivity index (χ2v) is 4.24. The van der Waals surface area contributed by atoms with Crippen molar-refractivity contribution in [3.8, 4) is 0 Å². The maximum Gasteiger partial charge on any atom is 0.0823 e. The average molecular weight is 226 g/mol. The summed E-state index contributed by atoms with van der Waals surface area (Å²) < 4.78 is 7.14. The molecule has 0 bridgehead atoms. The lowest BCUT2D eigenvalue weighted by atomic mass is 10.1. The van der Waals surface area contributed by atoms with Crippen LogP contribution in [0.25, 0.3) is 0 Å². The monoisotopic (exact) mass is 226 g/mol. The molecule has 92 valence electrons. The lowest BCUT2D eigenvalue weighted by molar-refractivity contribution is 0.0989. The predicted octanol–water partition coefficient (Wildman–Crippen LogP) is 1.98. The van der Waals surface area contributed by atoms with E-state index in [2.05, 4.69) is 5.10 Å². The van der Waals surface area contributed by atoms with Gasteiger partial charge in [-0.05, 0) is 27.2 Å². The Hall–Kier alpha value is -0.870. The second kappa shape index (κ2) is 5.46. The molecule has 4 heteroatoms. The molecule has 16 heavy (non-hydrogen) atoms. The van der Waals surface area contributed by atoms with Gasteiger partial charge in [0.25, 0.3) is 0 Å². The minimum absolute atomic E-state index is 0.129. The molecular formula is C12H22N2O2. The molecule has 0 fully saturated rings. The Morgan fingerprint density at radius 3 is 2.56 bits per heavy atom. The maximum atomic E-state index is 9.91. The Labute approximate surface area is 97.2 Å². The van der Waals surface area contributed by atoms with Crippen LogP contribution in [0.15, 0.2) is 0 Å². The maximum absolute atomic E-state index is 9.91. The molecule has 1 heterocycles. The number of methoxy groups -OCH3 is 1. The third-order valence-electron chi connectivity index (χ3n) is 2.99. The van der Waals surface area contributed by atoms with Crippen LogP contribution in [0.3, 0.4) is 0 Å². The van der Waals surface area contributed by atoms with Gasteiger partial charge in [0, 0.05) is 18.4 Å². The Morgan fingerprint density at radius 2 is 2.06 bits per heavy atom. The Morgan fingerprint density at radius 1 is 1.44 bits per heavy atom. The van der Waals surface area contributed by atoms with Crippen molar-refractivity contribution < 1.29 is 9.84 Å². The average Bonchev–Trinajstić information content (AvgIpc) is 2.53. The SMILES string of the molecule is CCC(O)c1c(C)nn(CC(C)OC)c1C. The quantitative estimate of drug-likeness (QED) is 0.835. The highest BCUT2D eigenvalue weighted by Crippen LogP contribution is 2.23. The van der Waals surface area contributed by atoms with Crippen LogP contribution < -0.4 is 0 Å². The Bertz CT molecular complexity index is 347. The molecule has 0 saturated heterocycles. The molecule has 0 amide bonds. The number of aliphatic hydroxyl groups is 1. The van der Waals surface area contributed by atoms with Crippen LogP contribution >= 0.6 is 0 Å². The van der Waals surface area contributed by atoms with Gasteiger partial charge < -0.3 is 9.84 Å². The van der Waals surface area contributed by atoms with Crippen molar-refractivity contribution in [1.29, 1.82) is 0 Å². The van der Waals surface area contributed by atoms with Crippen LogP contribution in [-0.2, 0) is 11.3 Å². The highest BCUT2D eigenvalue weighted by molar-refractivity contribution is 5.26. The Kier molecular flexibility index (Phi) is 4.50. The molecule has 0 radical (unpaired) electrons. The number of aryl methyl sites for hydroxylation is 1. The van der Waals surface area contributed by atoms with E-state index in [0.29, 0.717) is 6.42 Å². The highest BCUT2D eigenvalue weighted by Gasteiger charge is 2.18.